The number of allylic oxidation sites excluding steroid dienone is 2. The van der Waals surface area contributed by atoms with Crippen molar-refractivity contribution in [1.82, 2.24) is 21.3 Å². The molecule has 11 heteroatoms. The quantitative estimate of drug-likeness (QED) is 0.176. The molecule has 0 saturated carbocycles. The number of rotatable bonds is 6. The van der Waals surface area contributed by atoms with Gasteiger partial charge in [0.1, 0.15) is 24.2 Å². The molecule has 198 valence electrons. The first-order valence-electron chi connectivity index (χ1n) is 11.9. The fraction of sp³-hybridized carbons (Fsp3) is 0.667. The van der Waals surface area contributed by atoms with Crippen molar-refractivity contribution in [3.8, 4) is 0 Å². The highest BCUT2D eigenvalue weighted by atomic mass is 32.1. The molecule has 0 radical (unpaired) electrons. The second-order valence-electron chi connectivity index (χ2n) is 9.06. The van der Waals surface area contributed by atoms with Crippen LogP contribution in [-0.4, -0.2) is 66.0 Å². The molecule has 0 unspecified atom stereocenters. The van der Waals surface area contributed by atoms with Crippen LogP contribution in [-0.2, 0) is 23.9 Å². The number of carbonyl (C=O) groups excluding carboxylic acids is 4. The number of thiol groups is 2. The molecular formula is C24H40N4O5S2. The van der Waals surface area contributed by atoms with Gasteiger partial charge in [0.15, 0.2) is 0 Å². The van der Waals surface area contributed by atoms with Crippen LogP contribution in [0.1, 0.15) is 47.5 Å². The summed E-state index contributed by atoms with van der Waals surface area (Å²) in [5.41, 5.74) is 0.542. The monoisotopic (exact) mass is 528 g/mol. The van der Waals surface area contributed by atoms with Gasteiger partial charge in [-0.25, -0.2) is 0 Å². The third-order valence-corrected chi connectivity index (χ3v) is 6.07. The number of carbonyl (C=O) groups is 4. The van der Waals surface area contributed by atoms with Crippen LogP contribution in [0.5, 0.6) is 0 Å². The Labute approximate surface area is 219 Å². The molecule has 0 aromatic rings. The van der Waals surface area contributed by atoms with Crippen molar-refractivity contribution in [1.29, 1.82) is 0 Å². The zero-order valence-electron chi connectivity index (χ0n) is 21.2. The highest BCUT2D eigenvalue weighted by molar-refractivity contribution is 7.80. The van der Waals surface area contributed by atoms with Crippen LogP contribution in [0.15, 0.2) is 23.9 Å². The summed E-state index contributed by atoms with van der Waals surface area (Å²) in [6.07, 6.45) is 4.90. The first-order valence-corrected chi connectivity index (χ1v) is 13.2. The Balaban J connectivity index is 3.33. The molecule has 35 heavy (non-hydrogen) atoms. The van der Waals surface area contributed by atoms with Gasteiger partial charge < -0.3 is 20.7 Å². The summed E-state index contributed by atoms with van der Waals surface area (Å²) in [5, 5.41) is 11.3. The minimum atomic E-state index is -0.908. The summed E-state index contributed by atoms with van der Waals surface area (Å²) in [6.45, 7) is 9.30. The largest absolute Gasteiger partial charge is 0.456 e. The second kappa shape index (κ2) is 15.9. The lowest BCUT2D eigenvalue weighted by Crippen LogP contribution is -2.56. The van der Waals surface area contributed by atoms with Gasteiger partial charge in [0.25, 0.3) is 0 Å². The van der Waals surface area contributed by atoms with E-state index in [1.54, 1.807) is 32.9 Å². The van der Waals surface area contributed by atoms with Crippen LogP contribution in [0, 0.1) is 11.8 Å². The van der Waals surface area contributed by atoms with Gasteiger partial charge in [0.2, 0.25) is 17.7 Å². The van der Waals surface area contributed by atoms with Gasteiger partial charge in [-0.15, -0.1) is 0 Å². The molecule has 0 aromatic heterocycles. The predicted octanol–water partition coefficient (Wildman–Crippen LogP) is 1.37. The molecule has 0 bridgehead atoms. The number of ether oxygens (including phenoxy) is 1. The van der Waals surface area contributed by atoms with E-state index in [2.05, 4.69) is 46.5 Å². The standard InChI is InChI=1S/C24H40N4O5S2/c1-6-16-12-25-21(15(4)5)24(32)33-17(9-7-8-10-34)11-19(29)28-20(14(2)3)23(31)27-18(13-35)22(30)26-16/h6-7,9,14-15,17-18,20-21,25,34-35H,8,10-13H2,1-5H3,(H,26,30)(H,27,31)(H,28,29)/b9-7-,16-6+/t17-,18-,20+,21-/m0/s1. The zero-order chi connectivity index (χ0) is 26.5. The molecule has 9 nitrogen and oxygen atoms in total. The fourth-order valence-corrected chi connectivity index (χ4v) is 3.78. The molecule has 4 N–H and O–H groups in total. The number of nitrogens with one attached hydrogen (secondary N) is 4. The Hall–Kier alpha value is -1.98. The van der Waals surface area contributed by atoms with Gasteiger partial charge in [0.05, 0.1) is 6.42 Å². The van der Waals surface area contributed by atoms with Crippen LogP contribution in [0.25, 0.3) is 0 Å². The minimum absolute atomic E-state index is 0.0692. The minimum Gasteiger partial charge on any atom is -0.456 e. The maximum Gasteiger partial charge on any atom is 0.324 e. The lowest BCUT2D eigenvalue weighted by atomic mass is 10.0. The van der Waals surface area contributed by atoms with Crippen molar-refractivity contribution in [2.75, 3.05) is 18.1 Å². The lowest BCUT2D eigenvalue weighted by molar-refractivity contribution is -0.151. The highest BCUT2D eigenvalue weighted by Gasteiger charge is 2.31. The lowest BCUT2D eigenvalue weighted by Gasteiger charge is -2.27. The van der Waals surface area contributed by atoms with E-state index in [-0.39, 0.29) is 30.6 Å². The van der Waals surface area contributed by atoms with E-state index in [4.69, 9.17) is 4.74 Å². The summed E-state index contributed by atoms with van der Waals surface area (Å²) in [7, 11) is 0. The fourth-order valence-electron chi connectivity index (χ4n) is 3.37. The van der Waals surface area contributed by atoms with Crippen molar-refractivity contribution < 1.29 is 23.9 Å². The first kappa shape index (κ1) is 31.1. The number of hydrogen-bond acceptors (Lipinski definition) is 8. The van der Waals surface area contributed by atoms with Crippen LogP contribution in [0.2, 0.25) is 0 Å². The maximum absolute atomic E-state index is 13.0. The number of esters is 1. The van der Waals surface area contributed by atoms with E-state index < -0.39 is 47.9 Å². The summed E-state index contributed by atoms with van der Waals surface area (Å²) >= 11 is 8.40. The van der Waals surface area contributed by atoms with Gasteiger partial charge >= 0.3 is 5.97 Å². The average molecular weight is 529 g/mol. The van der Waals surface area contributed by atoms with Crippen molar-refractivity contribution in [2.45, 2.75) is 71.7 Å². The van der Waals surface area contributed by atoms with Gasteiger partial charge in [-0.1, -0.05) is 39.8 Å². The Morgan fingerprint density at radius 3 is 2.20 bits per heavy atom. The summed E-state index contributed by atoms with van der Waals surface area (Å²) < 4.78 is 5.70. The highest BCUT2D eigenvalue weighted by Crippen LogP contribution is 2.12. The van der Waals surface area contributed by atoms with Gasteiger partial charge in [-0.05, 0) is 37.0 Å². The third kappa shape index (κ3) is 10.7. The SMILES string of the molecule is C/C=C1\CN[C@@H](C(C)C)C(=O)O[C@@H](/C=C\CCS)CC(=O)N[C@H](C(C)C)C(=O)N[C@@H](CS)C(=O)N1. The molecule has 3 amide bonds. The molecule has 1 rings (SSSR count). The Kier molecular flexibility index (Phi) is 14.1. The molecule has 1 aliphatic rings. The number of hydrogen-bond donors (Lipinski definition) is 6. The molecule has 1 heterocycles. The summed E-state index contributed by atoms with van der Waals surface area (Å²) in [4.78, 5) is 51.6. The van der Waals surface area contributed by atoms with E-state index in [1.165, 1.54) is 0 Å². The molecule has 0 spiro atoms. The molecule has 0 aromatic carbocycles. The van der Waals surface area contributed by atoms with Crippen LogP contribution >= 0.6 is 25.3 Å². The molecule has 1 saturated heterocycles. The molecule has 1 aliphatic heterocycles. The summed E-state index contributed by atoms with van der Waals surface area (Å²) in [5.74, 6) is -1.57. The van der Waals surface area contributed by atoms with E-state index in [9.17, 15) is 19.2 Å². The van der Waals surface area contributed by atoms with E-state index in [0.717, 1.165) is 0 Å². The van der Waals surface area contributed by atoms with E-state index in [1.807, 2.05) is 19.9 Å². The average Bonchev–Trinajstić information content (AvgIpc) is 2.78. The topological polar surface area (TPSA) is 126 Å². The van der Waals surface area contributed by atoms with Crippen molar-refractivity contribution in [3.05, 3.63) is 23.9 Å². The smallest absolute Gasteiger partial charge is 0.324 e. The third-order valence-electron chi connectivity index (χ3n) is 5.45. The predicted molar refractivity (Wildman–Crippen MR) is 143 cm³/mol. The molecule has 4 atom stereocenters. The first-order chi connectivity index (χ1) is 16.5. The normalized spacial score (nSPS) is 27.2. The maximum atomic E-state index is 13.0. The zero-order valence-corrected chi connectivity index (χ0v) is 23.0. The van der Waals surface area contributed by atoms with Gasteiger partial charge in [-0.3, -0.25) is 24.5 Å². The van der Waals surface area contributed by atoms with Crippen LogP contribution in [0.3, 0.4) is 0 Å². The van der Waals surface area contributed by atoms with Crippen molar-refractivity contribution >= 4 is 48.9 Å². The number of cyclic esters (lactones) is 1. The van der Waals surface area contributed by atoms with Gasteiger partial charge in [0, 0.05) is 18.0 Å². The summed E-state index contributed by atoms with van der Waals surface area (Å²) in [6, 6.07) is -2.45. The molecule has 0 aliphatic carbocycles. The van der Waals surface area contributed by atoms with Crippen LogP contribution in [0.4, 0.5) is 0 Å². The molecule has 1 fully saturated rings. The number of amides is 3. The van der Waals surface area contributed by atoms with Crippen molar-refractivity contribution in [2.24, 2.45) is 11.8 Å². The van der Waals surface area contributed by atoms with E-state index in [0.29, 0.717) is 17.9 Å². The molecular weight excluding hydrogens is 488 g/mol. The Morgan fingerprint density at radius 1 is 1.00 bits per heavy atom. The van der Waals surface area contributed by atoms with Crippen LogP contribution < -0.4 is 21.3 Å². The van der Waals surface area contributed by atoms with Gasteiger partial charge in [-0.2, -0.15) is 25.3 Å². The van der Waals surface area contributed by atoms with Crippen molar-refractivity contribution in [3.63, 3.8) is 0 Å². The Morgan fingerprint density at radius 2 is 1.66 bits per heavy atom. The van der Waals surface area contributed by atoms with E-state index >= 15 is 0 Å². The second-order valence-corrected chi connectivity index (χ2v) is 9.87. The Bertz CT molecular complexity index is 801.